The van der Waals surface area contributed by atoms with Gasteiger partial charge in [0.1, 0.15) is 0 Å². The third-order valence-electron chi connectivity index (χ3n) is 4.08. The Morgan fingerprint density at radius 2 is 2.04 bits per heavy atom. The van der Waals surface area contributed by atoms with Crippen molar-refractivity contribution in [2.45, 2.75) is 25.2 Å². The lowest BCUT2D eigenvalue weighted by molar-refractivity contribution is -0.115. The molecule has 1 heterocycles. The van der Waals surface area contributed by atoms with Gasteiger partial charge < -0.3 is 9.84 Å². The van der Waals surface area contributed by atoms with E-state index in [1.807, 2.05) is 48.5 Å². The van der Waals surface area contributed by atoms with Gasteiger partial charge in [-0.25, -0.2) is 0 Å². The Morgan fingerprint density at radius 1 is 1.20 bits per heavy atom. The first-order chi connectivity index (χ1) is 12.2. The predicted molar refractivity (Wildman–Crippen MR) is 98.2 cm³/mol. The zero-order valence-electron chi connectivity index (χ0n) is 13.4. The maximum Gasteiger partial charge on any atom is 0.230 e. The Balaban J connectivity index is 1.47. The summed E-state index contributed by atoms with van der Waals surface area (Å²) < 4.78 is 6.23. The summed E-state index contributed by atoms with van der Waals surface area (Å²) in [5, 5.41) is 6.97. The largest absolute Gasteiger partial charge is 0.339 e. The van der Waals surface area contributed by atoms with Crippen molar-refractivity contribution in [2.75, 3.05) is 5.32 Å². The zero-order chi connectivity index (χ0) is 17.2. The van der Waals surface area contributed by atoms with Gasteiger partial charge in [-0.2, -0.15) is 4.98 Å². The number of aromatic nitrogens is 2. The quantitative estimate of drug-likeness (QED) is 0.684. The van der Waals surface area contributed by atoms with Crippen molar-refractivity contribution in [1.29, 1.82) is 0 Å². The van der Waals surface area contributed by atoms with Crippen molar-refractivity contribution >= 4 is 27.5 Å². The SMILES string of the molecule is O=C(Cc1ccccc1Br)Nc1cccc(-c2noc(C3CC3)n2)c1. The second-order valence-electron chi connectivity index (χ2n) is 6.13. The molecular weight excluding hydrogens is 382 g/mol. The number of halogens is 1. The summed E-state index contributed by atoms with van der Waals surface area (Å²) in [5.41, 5.74) is 2.49. The molecule has 0 bridgehead atoms. The Hall–Kier alpha value is -2.47. The van der Waals surface area contributed by atoms with E-state index in [-0.39, 0.29) is 5.91 Å². The molecule has 6 heteroatoms. The monoisotopic (exact) mass is 397 g/mol. The highest BCUT2D eigenvalue weighted by Crippen LogP contribution is 2.39. The average Bonchev–Trinajstić information content (AvgIpc) is 3.34. The number of carbonyl (C=O) groups excluding carboxylic acids is 1. The van der Waals surface area contributed by atoms with E-state index in [4.69, 9.17) is 4.52 Å². The fourth-order valence-electron chi connectivity index (χ4n) is 2.60. The molecule has 1 fully saturated rings. The fourth-order valence-corrected chi connectivity index (χ4v) is 3.03. The first-order valence-corrected chi connectivity index (χ1v) is 8.95. The Bertz CT molecular complexity index is 918. The standard InChI is InChI=1S/C19H16BrN3O2/c20-16-7-2-1-4-13(16)11-17(24)21-15-6-3-5-14(10-15)18-22-19(25-23-18)12-8-9-12/h1-7,10,12H,8-9,11H2,(H,21,24). The van der Waals surface area contributed by atoms with Crippen LogP contribution in [-0.4, -0.2) is 16.0 Å². The Labute approximate surface area is 153 Å². The van der Waals surface area contributed by atoms with Crippen LogP contribution in [-0.2, 0) is 11.2 Å². The lowest BCUT2D eigenvalue weighted by Crippen LogP contribution is -2.14. The van der Waals surface area contributed by atoms with Crippen LogP contribution in [0.2, 0.25) is 0 Å². The summed E-state index contributed by atoms with van der Waals surface area (Å²) in [6.07, 6.45) is 2.54. The van der Waals surface area contributed by atoms with E-state index in [9.17, 15) is 4.79 Å². The molecule has 1 aromatic heterocycles. The van der Waals surface area contributed by atoms with Crippen molar-refractivity contribution in [3.05, 3.63) is 64.5 Å². The van der Waals surface area contributed by atoms with Crippen LogP contribution in [0.25, 0.3) is 11.4 Å². The molecule has 0 aliphatic heterocycles. The summed E-state index contributed by atoms with van der Waals surface area (Å²) in [7, 11) is 0. The average molecular weight is 398 g/mol. The number of benzene rings is 2. The lowest BCUT2D eigenvalue weighted by atomic mass is 10.1. The van der Waals surface area contributed by atoms with Crippen molar-refractivity contribution in [2.24, 2.45) is 0 Å². The van der Waals surface area contributed by atoms with Crippen LogP contribution < -0.4 is 5.32 Å². The van der Waals surface area contributed by atoms with Gasteiger partial charge in [0, 0.05) is 21.6 Å². The summed E-state index contributed by atoms with van der Waals surface area (Å²) >= 11 is 3.46. The van der Waals surface area contributed by atoms with Crippen LogP contribution in [0.4, 0.5) is 5.69 Å². The number of hydrogen-bond donors (Lipinski definition) is 1. The van der Waals surface area contributed by atoms with Gasteiger partial charge in [0.25, 0.3) is 0 Å². The molecule has 1 N–H and O–H groups in total. The first kappa shape index (κ1) is 16.0. The molecule has 0 spiro atoms. The van der Waals surface area contributed by atoms with Crippen molar-refractivity contribution in [3.63, 3.8) is 0 Å². The highest BCUT2D eigenvalue weighted by Gasteiger charge is 2.29. The fraction of sp³-hybridized carbons (Fsp3) is 0.211. The summed E-state index contributed by atoms with van der Waals surface area (Å²) in [4.78, 5) is 16.7. The number of nitrogens with zero attached hydrogens (tertiary/aromatic N) is 2. The Kier molecular flexibility index (Phi) is 4.36. The molecule has 1 aliphatic rings. The zero-order valence-corrected chi connectivity index (χ0v) is 15.0. The first-order valence-electron chi connectivity index (χ1n) is 8.16. The third kappa shape index (κ3) is 3.79. The molecule has 0 radical (unpaired) electrons. The van der Waals surface area contributed by atoms with Gasteiger partial charge in [0.15, 0.2) is 0 Å². The van der Waals surface area contributed by atoms with E-state index in [2.05, 4.69) is 31.4 Å². The highest BCUT2D eigenvalue weighted by atomic mass is 79.9. The van der Waals surface area contributed by atoms with E-state index in [1.54, 1.807) is 0 Å². The van der Waals surface area contributed by atoms with E-state index in [0.717, 1.165) is 28.4 Å². The molecule has 1 aliphatic carbocycles. The second kappa shape index (κ2) is 6.80. The van der Waals surface area contributed by atoms with E-state index in [0.29, 0.717) is 29.7 Å². The van der Waals surface area contributed by atoms with Crippen molar-refractivity contribution < 1.29 is 9.32 Å². The number of rotatable bonds is 5. The molecule has 4 rings (SSSR count). The van der Waals surface area contributed by atoms with Crippen LogP contribution in [0.15, 0.2) is 57.5 Å². The van der Waals surface area contributed by atoms with Gasteiger partial charge in [-0.3, -0.25) is 4.79 Å². The number of hydrogen-bond acceptors (Lipinski definition) is 4. The molecule has 1 amide bonds. The number of nitrogens with one attached hydrogen (secondary N) is 1. The van der Waals surface area contributed by atoms with Crippen LogP contribution in [0.3, 0.4) is 0 Å². The van der Waals surface area contributed by atoms with Crippen LogP contribution in [0.5, 0.6) is 0 Å². The van der Waals surface area contributed by atoms with E-state index < -0.39 is 0 Å². The lowest BCUT2D eigenvalue weighted by Gasteiger charge is -2.07. The minimum atomic E-state index is -0.0733. The molecular formula is C19H16BrN3O2. The van der Waals surface area contributed by atoms with E-state index in [1.165, 1.54) is 0 Å². The highest BCUT2D eigenvalue weighted by molar-refractivity contribution is 9.10. The maximum atomic E-state index is 12.3. The van der Waals surface area contributed by atoms with Gasteiger partial charge >= 0.3 is 0 Å². The van der Waals surface area contributed by atoms with Crippen LogP contribution in [0, 0.1) is 0 Å². The second-order valence-corrected chi connectivity index (χ2v) is 6.98. The molecule has 25 heavy (non-hydrogen) atoms. The van der Waals surface area contributed by atoms with Crippen LogP contribution in [0.1, 0.15) is 30.2 Å². The summed E-state index contributed by atoms with van der Waals surface area (Å²) in [6, 6.07) is 15.2. The van der Waals surface area contributed by atoms with Gasteiger partial charge in [0.2, 0.25) is 17.6 Å². The van der Waals surface area contributed by atoms with Crippen LogP contribution >= 0.6 is 15.9 Å². The minimum Gasteiger partial charge on any atom is -0.339 e. The normalized spacial score (nSPS) is 13.6. The molecule has 0 atom stereocenters. The van der Waals surface area contributed by atoms with Gasteiger partial charge in [-0.05, 0) is 36.6 Å². The summed E-state index contributed by atoms with van der Waals surface area (Å²) in [5.74, 6) is 1.62. The molecule has 126 valence electrons. The third-order valence-corrected chi connectivity index (χ3v) is 4.86. The molecule has 0 saturated heterocycles. The van der Waals surface area contributed by atoms with Gasteiger partial charge in [-0.1, -0.05) is 51.4 Å². The van der Waals surface area contributed by atoms with Gasteiger partial charge in [-0.15, -0.1) is 0 Å². The maximum absolute atomic E-state index is 12.3. The molecule has 2 aromatic carbocycles. The van der Waals surface area contributed by atoms with Gasteiger partial charge in [0.05, 0.1) is 6.42 Å². The van der Waals surface area contributed by atoms with Crippen molar-refractivity contribution in [3.8, 4) is 11.4 Å². The number of carbonyl (C=O) groups is 1. The molecule has 3 aromatic rings. The van der Waals surface area contributed by atoms with E-state index >= 15 is 0 Å². The predicted octanol–water partition coefficient (Wildman–Crippen LogP) is 4.56. The molecule has 0 unspecified atom stereocenters. The number of amides is 1. The molecule has 1 saturated carbocycles. The summed E-state index contributed by atoms with van der Waals surface area (Å²) in [6.45, 7) is 0. The molecule has 5 nitrogen and oxygen atoms in total. The number of anilines is 1. The minimum absolute atomic E-state index is 0.0733. The topological polar surface area (TPSA) is 68.0 Å². The Morgan fingerprint density at radius 3 is 2.84 bits per heavy atom. The smallest absolute Gasteiger partial charge is 0.230 e. The van der Waals surface area contributed by atoms with Crippen molar-refractivity contribution in [1.82, 2.24) is 10.1 Å².